The van der Waals surface area contributed by atoms with Gasteiger partial charge in [-0.05, 0) is 18.6 Å². The van der Waals surface area contributed by atoms with Crippen molar-refractivity contribution in [3.05, 3.63) is 42.5 Å². The lowest BCUT2D eigenvalue weighted by molar-refractivity contribution is -0.116. The van der Waals surface area contributed by atoms with Crippen LogP contribution in [0.3, 0.4) is 0 Å². The number of nitrogens with zero attached hydrogens (tertiary/aromatic N) is 1. The van der Waals surface area contributed by atoms with E-state index >= 15 is 0 Å². The average Bonchev–Trinajstić information content (AvgIpc) is 2.27. The minimum absolute atomic E-state index is 0.0994. The Balaban J connectivity index is 2.68. The fourth-order valence-electron chi connectivity index (χ4n) is 1.14. The van der Waals surface area contributed by atoms with E-state index in [0.717, 1.165) is 0 Å². The van der Waals surface area contributed by atoms with E-state index in [4.69, 9.17) is 5.26 Å². The van der Waals surface area contributed by atoms with E-state index in [1.807, 2.05) is 6.07 Å². The number of hydrogen-bond donors (Lipinski definition) is 1. The number of para-hydroxylation sites is 1. The molecule has 1 aromatic rings. The molecule has 0 fully saturated rings. The first-order valence-electron chi connectivity index (χ1n) is 4.68. The van der Waals surface area contributed by atoms with Crippen LogP contribution in [0.2, 0.25) is 0 Å². The van der Waals surface area contributed by atoms with E-state index < -0.39 is 0 Å². The molecule has 0 atom stereocenters. The number of amides is 1. The number of anilines is 1. The largest absolute Gasteiger partial charge is 0.325 e. The van der Waals surface area contributed by atoms with Gasteiger partial charge in [-0.2, -0.15) is 5.26 Å². The van der Waals surface area contributed by atoms with Gasteiger partial charge in [0.1, 0.15) is 6.07 Å². The molecule has 0 aliphatic heterocycles. The van der Waals surface area contributed by atoms with Crippen molar-refractivity contribution in [2.75, 3.05) is 5.32 Å². The fourth-order valence-corrected chi connectivity index (χ4v) is 1.14. The summed E-state index contributed by atoms with van der Waals surface area (Å²) in [7, 11) is 0. The highest BCUT2D eigenvalue weighted by molar-refractivity contribution is 5.92. The molecule has 3 nitrogen and oxygen atoms in total. The van der Waals surface area contributed by atoms with Crippen molar-refractivity contribution >= 4 is 11.6 Å². The van der Waals surface area contributed by atoms with Crippen LogP contribution in [0.15, 0.2) is 36.9 Å². The van der Waals surface area contributed by atoms with Gasteiger partial charge in [-0.1, -0.05) is 18.2 Å². The van der Waals surface area contributed by atoms with Crippen molar-refractivity contribution in [1.82, 2.24) is 0 Å². The highest BCUT2D eigenvalue weighted by Gasteiger charge is 2.04. The van der Waals surface area contributed by atoms with E-state index in [0.29, 0.717) is 24.1 Å². The van der Waals surface area contributed by atoms with Gasteiger partial charge in [0, 0.05) is 6.42 Å². The Bertz CT molecular complexity index is 404. The summed E-state index contributed by atoms with van der Waals surface area (Å²) >= 11 is 0. The van der Waals surface area contributed by atoms with Crippen LogP contribution < -0.4 is 5.32 Å². The Hall–Kier alpha value is -2.08. The van der Waals surface area contributed by atoms with Gasteiger partial charge in [-0.25, -0.2) is 0 Å². The Morgan fingerprint density at radius 2 is 2.27 bits per heavy atom. The van der Waals surface area contributed by atoms with Crippen LogP contribution in [0.1, 0.15) is 18.4 Å². The summed E-state index contributed by atoms with van der Waals surface area (Å²) in [5.74, 6) is -0.0994. The molecule has 0 aromatic heterocycles. The van der Waals surface area contributed by atoms with E-state index in [9.17, 15) is 4.79 Å². The second-order valence-corrected chi connectivity index (χ2v) is 3.03. The summed E-state index contributed by atoms with van der Waals surface area (Å²) in [6.07, 6.45) is 2.72. The number of allylic oxidation sites excluding steroid dienone is 1. The van der Waals surface area contributed by atoms with Gasteiger partial charge in [0.15, 0.2) is 0 Å². The number of rotatable bonds is 4. The minimum atomic E-state index is -0.0994. The first-order chi connectivity index (χ1) is 7.27. The average molecular weight is 200 g/mol. The predicted molar refractivity (Wildman–Crippen MR) is 59.2 cm³/mol. The summed E-state index contributed by atoms with van der Waals surface area (Å²) in [6.45, 7) is 3.54. The molecule has 76 valence electrons. The summed E-state index contributed by atoms with van der Waals surface area (Å²) in [5.41, 5.74) is 1.04. The van der Waals surface area contributed by atoms with Gasteiger partial charge in [0.2, 0.25) is 5.91 Å². The van der Waals surface area contributed by atoms with Gasteiger partial charge in [-0.3, -0.25) is 4.79 Å². The maximum Gasteiger partial charge on any atom is 0.224 e. The van der Waals surface area contributed by atoms with Crippen LogP contribution in [0, 0.1) is 11.3 Å². The van der Waals surface area contributed by atoms with Crippen LogP contribution >= 0.6 is 0 Å². The second-order valence-electron chi connectivity index (χ2n) is 3.03. The van der Waals surface area contributed by atoms with E-state index in [-0.39, 0.29) is 5.91 Å². The molecular formula is C12H12N2O. The van der Waals surface area contributed by atoms with E-state index in [1.165, 1.54) is 0 Å². The molecule has 1 aromatic carbocycles. The molecule has 1 amide bonds. The van der Waals surface area contributed by atoms with Gasteiger partial charge >= 0.3 is 0 Å². The first-order valence-corrected chi connectivity index (χ1v) is 4.68. The van der Waals surface area contributed by atoms with Crippen molar-refractivity contribution < 1.29 is 4.79 Å². The summed E-state index contributed by atoms with van der Waals surface area (Å²) in [6, 6.07) is 8.95. The van der Waals surface area contributed by atoms with Crippen LogP contribution in [-0.4, -0.2) is 5.91 Å². The molecule has 0 aliphatic carbocycles. The quantitative estimate of drug-likeness (QED) is 0.759. The number of carbonyl (C=O) groups excluding carboxylic acids is 1. The standard InChI is InChI=1S/C12H12N2O/c1-2-3-8-12(15)14-11-7-5-4-6-10(11)9-13/h2,4-7H,1,3,8H2,(H,14,15). The van der Waals surface area contributed by atoms with Gasteiger partial charge in [-0.15, -0.1) is 6.58 Å². The highest BCUT2D eigenvalue weighted by Crippen LogP contribution is 2.13. The Labute approximate surface area is 89.0 Å². The third-order valence-corrected chi connectivity index (χ3v) is 1.90. The van der Waals surface area contributed by atoms with Crippen molar-refractivity contribution in [1.29, 1.82) is 5.26 Å². The van der Waals surface area contributed by atoms with Gasteiger partial charge in [0.05, 0.1) is 11.3 Å². The van der Waals surface area contributed by atoms with E-state index in [1.54, 1.807) is 30.3 Å². The zero-order chi connectivity index (χ0) is 11.1. The van der Waals surface area contributed by atoms with Crippen LogP contribution in [-0.2, 0) is 4.79 Å². The maximum atomic E-state index is 11.4. The number of nitriles is 1. The predicted octanol–water partition coefficient (Wildman–Crippen LogP) is 2.46. The zero-order valence-corrected chi connectivity index (χ0v) is 8.36. The molecule has 0 saturated carbocycles. The molecule has 0 heterocycles. The normalized spacial score (nSPS) is 9.00. The first kappa shape index (κ1) is 11.0. The number of nitrogens with one attached hydrogen (secondary N) is 1. The van der Waals surface area contributed by atoms with Crippen LogP contribution in [0.25, 0.3) is 0 Å². The van der Waals surface area contributed by atoms with Crippen molar-refractivity contribution in [2.24, 2.45) is 0 Å². The molecule has 1 rings (SSSR count). The van der Waals surface area contributed by atoms with Crippen LogP contribution in [0.4, 0.5) is 5.69 Å². The summed E-state index contributed by atoms with van der Waals surface area (Å²) < 4.78 is 0. The highest BCUT2D eigenvalue weighted by atomic mass is 16.1. The topological polar surface area (TPSA) is 52.9 Å². The van der Waals surface area contributed by atoms with Gasteiger partial charge < -0.3 is 5.32 Å². The minimum Gasteiger partial charge on any atom is -0.325 e. The molecule has 0 unspecified atom stereocenters. The van der Waals surface area contributed by atoms with Gasteiger partial charge in [0.25, 0.3) is 0 Å². The molecule has 0 aliphatic rings. The lowest BCUT2D eigenvalue weighted by atomic mass is 10.2. The molecule has 0 spiro atoms. The Morgan fingerprint density at radius 3 is 2.93 bits per heavy atom. The van der Waals surface area contributed by atoms with E-state index in [2.05, 4.69) is 11.9 Å². The monoisotopic (exact) mass is 200 g/mol. The summed E-state index contributed by atoms with van der Waals surface area (Å²) in [4.78, 5) is 11.4. The third-order valence-electron chi connectivity index (χ3n) is 1.90. The summed E-state index contributed by atoms with van der Waals surface area (Å²) in [5, 5.41) is 11.5. The molecule has 0 radical (unpaired) electrons. The Morgan fingerprint density at radius 1 is 1.53 bits per heavy atom. The second kappa shape index (κ2) is 5.61. The molecular weight excluding hydrogens is 188 g/mol. The number of carbonyl (C=O) groups is 1. The molecule has 15 heavy (non-hydrogen) atoms. The molecule has 1 N–H and O–H groups in total. The lowest BCUT2D eigenvalue weighted by Crippen LogP contribution is -2.11. The van der Waals surface area contributed by atoms with Crippen molar-refractivity contribution in [3.63, 3.8) is 0 Å². The maximum absolute atomic E-state index is 11.4. The van der Waals surface area contributed by atoms with Crippen LogP contribution in [0.5, 0.6) is 0 Å². The smallest absolute Gasteiger partial charge is 0.224 e. The van der Waals surface area contributed by atoms with Crippen molar-refractivity contribution in [3.8, 4) is 6.07 Å². The fraction of sp³-hybridized carbons (Fsp3) is 0.167. The number of hydrogen-bond acceptors (Lipinski definition) is 2. The Kier molecular flexibility index (Phi) is 4.11. The molecule has 0 bridgehead atoms. The lowest BCUT2D eigenvalue weighted by Gasteiger charge is -2.05. The number of benzene rings is 1. The zero-order valence-electron chi connectivity index (χ0n) is 8.36. The molecule has 0 saturated heterocycles. The third kappa shape index (κ3) is 3.28. The molecule has 3 heteroatoms. The van der Waals surface area contributed by atoms with Crippen molar-refractivity contribution in [2.45, 2.75) is 12.8 Å². The SMILES string of the molecule is C=CCCC(=O)Nc1ccccc1C#N.